The first-order chi connectivity index (χ1) is 11.5. The summed E-state index contributed by atoms with van der Waals surface area (Å²) in [6.07, 6.45) is 2.55. The van der Waals surface area contributed by atoms with Crippen molar-refractivity contribution in [3.63, 3.8) is 0 Å². The topological polar surface area (TPSA) is 83.4 Å². The van der Waals surface area contributed by atoms with Crippen molar-refractivity contribution < 1.29 is 9.47 Å². The Hall–Kier alpha value is -1.98. The second-order valence-corrected chi connectivity index (χ2v) is 6.80. The maximum Gasteiger partial charge on any atom is 0.146 e. The fraction of sp³-hybridized carbons (Fsp3) is 0.389. The van der Waals surface area contributed by atoms with Gasteiger partial charge in [0, 0.05) is 17.2 Å². The Balaban J connectivity index is 1.84. The molecule has 6 heteroatoms. The molecule has 0 aliphatic carbocycles. The fourth-order valence-electron chi connectivity index (χ4n) is 2.97. The SMILES string of the molecule is CC(N)CC(C)COc1ccc2c(c1Cl)COc1cnc(N)cc1-2. The van der Waals surface area contributed by atoms with E-state index in [4.69, 9.17) is 32.5 Å². The zero-order valence-electron chi connectivity index (χ0n) is 13.9. The molecule has 2 atom stereocenters. The highest BCUT2D eigenvalue weighted by atomic mass is 35.5. The molecule has 0 radical (unpaired) electrons. The molecule has 0 saturated carbocycles. The second-order valence-electron chi connectivity index (χ2n) is 6.43. The number of nitrogens with zero attached hydrogens (tertiary/aromatic N) is 1. The molecule has 0 amide bonds. The average Bonchev–Trinajstić information content (AvgIpc) is 2.53. The third-order valence-electron chi connectivity index (χ3n) is 4.06. The maximum absolute atomic E-state index is 6.55. The van der Waals surface area contributed by atoms with E-state index in [1.54, 1.807) is 12.3 Å². The summed E-state index contributed by atoms with van der Waals surface area (Å²) in [5.41, 5.74) is 14.4. The van der Waals surface area contributed by atoms with Gasteiger partial charge in [-0.1, -0.05) is 24.6 Å². The molecule has 1 aromatic heterocycles. The summed E-state index contributed by atoms with van der Waals surface area (Å²) in [7, 11) is 0. The van der Waals surface area contributed by atoms with Crippen molar-refractivity contribution in [2.24, 2.45) is 11.7 Å². The molecule has 0 fully saturated rings. The summed E-state index contributed by atoms with van der Waals surface area (Å²) in [5, 5.41) is 0.585. The smallest absolute Gasteiger partial charge is 0.146 e. The van der Waals surface area contributed by atoms with E-state index < -0.39 is 0 Å². The van der Waals surface area contributed by atoms with Crippen LogP contribution >= 0.6 is 11.6 Å². The van der Waals surface area contributed by atoms with Crippen LogP contribution in [-0.4, -0.2) is 17.6 Å². The minimum atomic E-state index is 0.159. The number of fused-ring (bicyclic) bond motifs is 3. The van der Waals surface area contributed by atoms with Crippen molar-refractivity contribution in [1.29, 1.82) is 0 Å². The summed E-state index contributed by atoms with van der Waals surface area (Å²) in [5.74, 6) is 2.19. The molecule has 4 N–H and O–H groups in total. The number of hydrogen-bond acceptors (Lipinski definition) is 5. The predicted molar refractivity (Wildman–Crippen MR) is 96.4 cm³/mol. The van der Waals surface area contributed by atoms with Gasteiger partial charge in [0.15, 0.2) is 0 Å². The van der Waals surface area contributed by atoms with Gasteiger partial charge in [0.05, 0.1) is 17.8 Å². The molecule has 2 heterocycles. The lowest BCUT2D eigenvalue weighted by Crippen LogP contribution is -2.21. The molecule has 1 aromatic carbocycles. The molecule has 5 nitrogen and oxygen atoms in total. The van der Waals surface area contributed by atoms with Crippen molar-refractivity contribution in [1.82, 2.24) is 4.98 Å². The Morgan fingerprint density at radius 2 is 2.12 bits per heavy atom. The molecule has 24 heavy (non-hydrogen) atoms. The van der Waals surface area contributed by atoms with Crippen LogP contribution in [0.15, 0.2) is 24.4 Å². The number of aromatic nitrogens is 1. The van der Waals surface area contributed by atoms with Gasteiger partial charge in [0.1, 0.15) is 23.9 Å². The zero-order chi connectivity index (χ0) is 17.3. The van der Waals surface area contributed by atoms with E-state index in [1.807, 2.05) is 19.1 Å². The highest BCUT2D eigenvalue weighted by Gasteiger charge is 2.22. The number of rotatable bonds is 5. The Morgan fingerprint density at radius 3 is 2.88 bits per heavy atom. The molecule has 2 aromatic rings. The van der Waals surface area contributed by atoms with Gasteiger partial charge in [-0.25, -0.2) is 4.98 Å². The third kappa shape index (κ3) is 3.42. The molecular formula is C18H22ClN3O2. The summed E-state index contributed by atoms with van der Waals surface area (Å²) in [6.45, 7) is 5.08. The number of hydrogen-bond donors (Lipinski definition) is 2. The van der Waals surface area contributed by atoms with Gasteiger partial charge in [0.2, 0.25) is 0 Å². The molecule has 0 saturated heterocycles. The normalized spacial score (nSPS) is 15.0. The lowest BCUT2D eigenvalue weighted by molar-refractivity contribution is 0.245. The highest BCUT2D eigenvalue weighted by Crippen LogP contribution is 2.43. The van der Waals surface area contributed by atoms with Gasteiger partial charge in [-0.05, 0) is 37.0 Å². The largest absolute Gasteiger partial charge is 0.492 e. The molecule has 2 unspecified atom stereocenters. The quantitative estimate of drug-likeness (QED) is 0.862. The van der Waals surface area contributed by atoms with E-state index in [1.165, 1.54) is 0 Å². The Kier molecular flexibility index (Phi) is 4.83. The fourth-order valence-corrected chi connectivity index (χ4v) is 3.25. The summed E-state index contributed by atoms with van der Waals surface area (Å²) in [6, 6.07) is 5.85. The highest BCUT2D eigenvalue weighted by molar-refractivity contribution is 6.33. The van der Waals surface area contributed by atoms with Crippen LogP contribution in [0.1, 0.15) is 25.8 Å². The first kappa shape index (κ1) is 16.9. The van der Waals surface area contributed by atoms with Gasteiger partial charge in [-0.3, -0.25) is 0 Å². The minimum Gasteiger partial charge on any atom is -0.492 e. The van der Waals surface area contributed by atoms with E-state index in [0.717, 1.165) is 23.1 Å². The molecular weight excluding hydrogens is 326 g/mol. The van der Waals surface area contributed by atoms with Crippen LogP contribution < -0.4 is 20.9 Å². The lowest BCUT2D eigenvalue weighted by atomic mass is 9.97. The van der Waals surface area contributed by atoms with Crippen molar-refractivity contribution in [3.05, 3.63) is 35.0 Å². The van der Waals surface area contributed by atoms with Crippen molar-refractivity contribution in [2.75, 3.05) is 12.3 Å². The lowest BCUT2D eigenvalue weighted by Gasteiger charge is -2.23. The van der Waals surface area contributed by atoms with Crippen LogP contribution in [0.25, 0.3) is 11.1 Å². The van der Waals surface area contributed by atoms with Crippen LogP contribution in [0.5, 0.6) is 11.5 Å². The predicted octanol–water partition coefficient (Wildman–Crippen LogP) is 3.63. The monoisotopic (exact) mass is 347 g/mol. The number of anilines is 1. The van der Waals surface area contributed by atoms with E-state index in [2.05, 4.69) is 11.9 Å². The summed E-state index contributed by atoms with van der Waals surface area (Å²) >= 11 is 6.55. The molecule has 0 bridgehead atoms. The summed E-state index contributed by atoms with van der Waals surface area (Å²) in [4.78, 5) is 4.06. The van der Waals surface area contributed by atoms with Crippen LogP contribution in [0.2, 0.25) is 5.02 Å². The van der Waals surface area contributed by atoms with Gasteiger partial charge in [-0.15, -0.1) is 0 Å². The molecule has 128 valence electrons. The molecule has 3 rings (SSSR count). The molecule has 1 aliphatic heterocycles. The summed E-state index contributed by atoms with van der Waals surface area (Å²) < 4.78 is 11.6. The van der Waals surface area contributed by atoms with Gasteiger partial charge in [-0.2, -0.15) is 0 Å². The Bertz CT molecular complexity index is 749. The van der Waals surface area contributed by atoms with Crippen molar-refractivity contribution >= 4 is 17.4 Å². The Morgan fingerprint density at radius 1 is 1.33 bits per heavy atom. The first-order valence-electron chi connectivity index (χ1n) is 8.04. The zero-order valence-corrected chi connectivity index (χ0v) is 14.6. The van der Waals surface area contributed by atoms with Gasteiger partial charge >= 0.3 is 0 Å². The number of ether oxygens (including phenoxy) is 2. The number of benzene rings is 1. The first-order valence-corrected chi connectivity index (χ1v) is 8.42. The van der Waals surface area contributed by atoms with Crippen LogP contribution in [0, 0.1) is 5.92 Å². The van der Waals surface area contributed by atoms with E-state index >= 15 is 0 Å². The third-order valence-corrected chi connectivity index (χ3v) is 4.47. The van der Waals surface area contributed by atoms with Crippen LogP contribution in [0.3, 0.4) is 0 Å². The van der Waals surface area contributed by atoms with Gasteiger partial charge < -0.3 is 20.9 Å². The molecule has 0 spiro atoms. The second kappa shape index (κ2) is 6.87. The van der Waals surface area contributed by atoms with Gasteiger partial charge in [0.25, 0.3) is 0 Å². The average molecular weight is 348 g/mol. The standard InChI is InChI=1S/C18H22ClN3O2/c1-10(5-11(2)20)8-23-15-4-3-12-13-6-17(21)22-7-16(13)24-9-14(12)18(15)19/h3-4,6-7,10-11H,5,8-9,20H2,1-2H3,(H2,21,22). The van der Waals surface area contributed by atoms with E-state index in [-0.39, 0.29) is 6.04 Å². The number of nitrogens with two attached hydrogens (primary N) is 2. The van der Waals surface area contributed by atoms with Crippen molar-refractivity contribution in [3.8, 4) is 22.6 Å². The number of pyridine rings is 1. The maximum atomic E-state index is 6.55. The van der Waals surface area contributed by atoms with Crippen LogP contribution in [-0.2, 0) is 6.61 Å². The van der Waals surface area contributed by atoms with Crippen LogP contribution in [0.4, 0.5) is 5.82 Å². The Labute approximate surface area is 146 Å². The van der Waals surface area contributed by atoms with E-state index in [0.29, 0.717) is 41.5 Å². The minimum absolute atomic E-state index is 0.159. The number of nitrogen functional groups attached to an aromatic ring is 1. The molecule has 1 aliphatic rings. The van der Waals surface area contributed by atoms with E-state index in [9.17, 15) is 0 Å². The number of halogens is 1. The van der Waals surface area contributed by atoms with Crippen molar-refractivity contribution in [2.45, 2.75) is 32.9 Å².